The van der Waals surface area contributed by atoms with Gasteiger partial charge in [0.1, 0.15) is 12.1 Å². The summed E-state index contributed by atoms with van der Waals surface area (Å²) < 4.78 is 10.1. The first-order valence-corrected chi connectivity index (χ1v) is 4.89. The Balaban J connectivity index is 3.03. The second kappa shape index (κ2) is 5.51. The minimum atomic E-state index is -1.38. The Hall–Kier alpha value is -1.79. The van der Waals surface area contributed by atoms with Crippen LogP contribution in [-0.2, 0) is 4.79 Å². The molecule has 0 spiro atoms. The van der Waals surface area contributed by atoms with Crippen molar-refractivity contribution >= 4 is 5.97 Å². The molecule has 0 aromatic heterocycles. The van der Waals surface area contributed by atoms with E-state index >= 15 is 0 Å². The fraction of sp³-hybridized carbons (Fsp3) is 0.364. The molecule has 1 rings (SSSR count). The number of aliphatic carboxylic acids is 1. The Kier molecular flexibility index (Phi) is 4.30. The summed E-state index contributed by atoms with van der Waals surface area (Å²) in [6, 6.07) is 3.22. The first-order valence-electron chi connectivity index (χ1n) is 4.89. The van der Waals surface area contributed by atoms with Crippen molar-refractivity contribution < 1.29 is 24.5 Å². The Morgan fingerprint density at radius 1 is 1.29 bits per heavy atom. The van der Waals surface area contributed by atoms with Crippen LogP contribution < -0.4 is 15.2 Å². The molecule has 0 saturated carbocycles. The second-order valence-corrected chi connectivity index (χ2v) is 3.42. The highest BCUT2D eigenvalue weighted by Crippen LogP contribution is 2.30. The van der Waals surface area contributed by atoms with Crippen LogP contribution in [0.4, 0.5) is 0 Å². The maximum Gasteiger partial charge on any atom is 0.323 e. The smallest absolute Gasteiger partial charge is 0.323 e. The highest BCUT2D eigenvalue weighted by molar-refractivity contribution is 5.74. The SMILES string of the molecule is COc1ccc(C(O)C(N)C(=O)O)cc1OC. The van der Waals surface area contributed by atoms with Crippen molar-refractivity contribution in [3.8, 4) is 11.5 Å². The Morgan fingerprint density at radius 2 is 1.88 bits per heavy atom. The van der Waals surface area contributed by atoms with Gasteiger partial charge in [0.25, 0.3) is 0 Å². The number of carboxylic acids is 1. The average Bonchev–Trinajstić information content (AvgIpc) is 2.35. The van der Waals surface area contributed by atoms with Crippen LogP contribution in [0.25, 0.3) is 0 Å². The summed E-state index contributed by atoms with van der Waals surface area (Å²) in [5.74, 6) is -0.374. The van der Waals surface area contributed by atoms with Gasteiger partial charge in [-0.1, -0.05) is 6.07 Å². The second-order valence-electron chi connectivity index (χ2n) is 3.42. The van der Waals surface area contributed by atoms with Gasteiger partial charge in [0.2, 0.25) is 0 Å². The van der Waals surface area contributed by atoms with Crippen LogP contribution in [-0.4, -0.2) is 36.4 Å². The number of rotatable bonds is 5. The topological polar surface area (TPSA) is 102 Å². The molecule has 0 fully saturated rings. The van der Waals surface area contributed by atoms with Crippen molar-refractivity contribution in [2.24, 2.45) is 5.73 Å². The van der Waals surface area contributed by atoms with Crippen LogP contribution in [0.15, 0.2) is 18.2 Å². The van der Waals surface area contributed by atoms with Gasteiger partial charge < -0.3 is 25.4 Å². The average molecular weight is 241 g/mol. The van der Waals surface area contributed by atoms with Crippen LogP contribution >= 0.6 is 0 Å². The lowest BCUT2D eigenvalue weighted by Gasteiger charge is -2.17. The Morgan fingerprint density at radius 3 is 2.35 bits per heavy atom. The van der Waals surface area contributed by atoms with Crippen molar-refractivity contribution in [3.05, 3.63) is 23.8 Å². The molecule has 2 atom stereocenters. The van der Waals surface area contributed by atoms with Gasteiger partial charge in [0, 0.05) is 0 Å². The standard InChI is InChI=1S/C11H15NO5/c1-16-7-4-3-6(5-8(7)17-2)10(13)9(12)11(14)15/h3-5,9-10,13H,12H2,1-2H3,(H,14,15). The van der Waals surface area contributed by atoms with Crippen molar-refractivity contribution in [2.45, 2.75) is 12.1 Å². The van der Waals surface area contributed by atoms with Gasteiger partial charge in [-0.05, 0) is 17.7 Å². The van der Waals surface area contributed by atoms with E-state index in [0.29, 0.717) is 17.1 Å². The van der Waals surface area contributed by atoms with E-state index in [1.165, 1.54) is 26.4 Å². The summed E-state index contributed by atoms with van der Waals surface area (Å²) in [6.07, 6.45) is -1.30. The molecule has 94 valence electrons. The number of hydrogen-bond acceptors (Lipinski definition) is 5. The molecule has 1 aromatic carbocycles. The Bertz CT molecular complexity index is 407. The number of aliphatic hydroxyl groups excluding tert-OH is 1. The molecular formula is C11H15NO5. The molecule has 0 heterocycles. The molecule has 0 aliphatic rings. The van der Waals surface area contributed by atoms with Gasteiger partial charge in [0.05, 0.1) is 14.2 Å². The third-order valence-electron chi connectivity index (χ3n) is 2.37. The van der Waals surface area contributed by atoms with E-state index in [1.54, 1.807) is 6.07 Å². The zero-order valence-electron chi connectivity index (χ0n) is 9.58. The zero-order chi connectivity index (χ0) is 13.0. The van der Waals surface area contributed by atoms with E-state index in [0.717, 1.165) is 0 Å². The summed E-state index contributed by atoms with van der Waals surface area (Å²) in [7, 11) is 2.93. The lowest BCUT2D eigenvalue weighted by molar-refractivity contribution is -0.141. The van der Waals surface area contributed by atoms with Crippen molar-refractivity contribution in [3.63, 3.8) is 0 Å². The van der Waals surface area contributed by atoms with E-state index in [2.05, 4.69) is 0 Å². The normalized spacial score (nSPS) is 13.9. The predicted molar refractivity (Wildman–Crippen MR) is 60.1 cm³/mol. The summed E-state index contributed by atoms with van der Waals surface area (Å²) in [6.45, 7) is 0. The Labute approximate surface area is 98.6 Å². The number of aliphatic hydroxyl groups is 1. The van der Waals surface area contributed by atoms with Crippen molar-refractivity contribution in [1.29, 1.82) is 0 Å². The van der Waals surface area contributed by atoms with Crippen molar-refractivity contribution in [1.82, 2.24) is 0 Å². The number of ether oxygens (including phenoxy) is 2. The fourth-order valence-corrected chi connectivity index (χ4v) is 1.38. The van der Waals surface area contributed by atoms with Crippen LogP contribution in [0, 0.1) is 0 Å². The number of benzene rings is 1. The lowest BCUT2D eigenvalue weighted by atomic mass is 10.0. The third kappa shape index (κ3) is 2.86. The van der Waals surface area contributed by atoms with Gasteiger partial charge in [-0.25, -0.2) is 0 Å². The molecule has 0 aliphatic carbocycles. The van der Waals surface area contributed by atoms with E-state index in [1.807, 2.05) is 0 Å². The molecular weight excluding hydrogens is 226 g/mol. The van der Waals surface area contributed by atoms with Gasteiger partial charge in [0.15, 0.2) is 11.5 Å². The molecule has 0 aliphatic heterocycles. The van der Waals surface area contributed by atoms with Crippen LogP contribution in [0.5, 0.6) is 11.5 Å². The highest BCUT2D eigenvalue weighted by atomic mass is 16.5. The minimum absolute atomic E-state index is 0.359. The number of hydrogen-bond donors (Lipinski definition) is 3. The quantitative estimate of drug-likeness (QED) is 0.678. The number of carboxylic acid groups (broad SMARTS) is 1. The summed E-state index contributed by atoms with van der Waals surface area (Å²) in [4.78, 5) is 10.7. The largest absolute Gasteiger partial charge is 0.493 e. The lowest BCUT2D eigenvalue weighted by Crippen LogP contribution is -2.36. The third-order valence-corrected chi connectivity index (χ3v) is 2.37. The first kappa shape index (κ1) is 13.3. The zero-order valence-corrected chi connectivity index (χ0v) is 9.58. The predicted octanol–water partition coefficient (Wildman–Crippen LogP) is 0.149. The molecule has 0 amide bonds. The van der Waals surface area contributed by atoms with Gasteiger partial charge >= 0.3 is 5.97 Å². The number of nitrogens with two attached hydrogens (primary N) is 1. The summed E-state index contributed by atoms with van der Waals surface area (Å²) in [5, 5.41) is 18.4. The monoisotopic (exact) mass is 241 g/mol. The first-order chi connectivity index (χ1) is 8.01. The number of carbonyl (C=O) groups is 1. The molecule has 1 aromatic rings. The van der Waals surface area contributed by atoms with Crippen molar-refractivity contribution in [2.75, 3.05) is 14.2 Å². The maximum atomic E-state index is 10.7. The van der Waals surface area contributed by atoms with E-state index in [4.69, 9.17) is 20.3 Å². The van der Waals surface area contributed by atoms with E-state index in [-0.39, 0.29) is 0 Å². The molecule has 0 bridgehead atoms. The van der Waals surface area contributed by atoms with E-state index in [9.17, 15) is 9.90 Å². The van der Waals surface area contributed by atoms with Crippen LogP contribution in [0.3, 0.4) is 0 Å². The highest BCUT2D eigenvalue weighted by Gasteiger charge is 2.24. The molecule has 4 N–H and O–H groups in total. The van der Waals surface area contributed by atoms with Gasteiger partial charge in [-0.3, -0.25) is 4.79 Å². The molecule has 6 heteroatoms. The molecule has 6 nitrogen and oxygen atoms in total. The molecule has 2 unspecified atom stereocenters. The van der Waals surface area contributed by atoms with Crippen LogP contribution in [0.1, 0.15) is 11.7 Å². The minimum Gasteiger partial charge on any atom is -0.493 e. The van der Waals surface area contributed by atoms with Gasteiger partial charge in [-0.2, -0.15) is 0 Å². The molecule has 0 saturated heterocycles. The summed E-state index contributed by atoms with van der Waals surface area (Å²) >= 11 is 0. The maximum absolute atomic E-state index is 10.7. The van der Waals surface area contributed by atoms with Crippen LogP contribution in [0.2, 0.25) is 0 Å². The molecule has 17 heavy (non-hydrogen) atoms. The molecule has 0 radical (unpaired) electrons. The fourth-order valence-electron chi connectivity index (χ4n) is 1.38. The number of methoxy groups -OCH3 is 2. The summed E-state index contributed by atoms with van der Waals surface area (Å²) in [5.41, 5.74) is 5.69. The van der Waals surface area contributed by atoms with E-state index < -0.39 is 18.1 Å². The van der Waals surface area contributed by atoms with Gasteiger partial charge in [-0.15, -0.1) is 0 Å².